The van der Waals surface area contributed by atoms with E-state index in [0.717, 1.165) is 0 Å². The van der Waals surface area contributed by atoms with Crippen molar-refractivity contribution in [2.75, 3.05) is 0 Å². The molecule has 1 radical (unpaired) electrons. The van der Waals surface area contributed by atoms with Crippen LogP contribution in [-0.4, -0.2) is 0 Å². The SMILES string of the molecule is Cc1[c]c(-c2ccccc2)cc(C)c1C. The molecule has 0 aliphatic carbocycles. The molecule has 0 saturated heterocycles. The zero-order valence-electron chi connectivity index (χ0n) is 9.46. The van der Waals surface area contributed by atoms with Crippen molar-refractivity contribution in [3.05, 3.63) is 59.2 Å². The van der Waals surface area contributed by atoms with Crippen molar-refractivity contribution in [2.45, 2.75) is 20.8 Å². The van der Waals surface area contributed by atoms with Crippen molar-refractivity contribution in [3.8, 4) is 11.1 Å². The van der Waals surface area contributed by atoms with Crippen LogP contribution >= 0.6 is 0 Å². The average molecular weight is 195 g/mol. The molecule has 0 saturated carbocycles. The Morgan fingerprint density at radius 1 is 0.933 bits per heavy atom. The smallest absolute Gasteiger partial charge is 0.00643 e. The molecule has 0 bridgehead atoms. The van der Waals surface area contributed by atoms with E-state index in [1.807, 2.05) is 6.07 Å². The molecule has 2 aromatic rings. The second-order valence-corrected chi connectivity index (χ2v) is 3.98. The van der Waals surface area contributed by atoms with Crippen molar-refractivity contribution in [1.29, 1.82) is 0 Å². The van der Waals surface area contributed by atoms with Gasteiger partial charge in [-0.05, 0) is 54.7 Å². The van der Waals surface area contributed by atoms with E-state index in [1.165, 1.54) is 27.8 Å². The lowest BCUT2D eigenvalue weighted by Gasteiger charge is -2.08. The molecule has 0 aliphatic heterocycles. The maximum absolute atomic E-state index is 3.43. The molecule has 0 unspecified atom stereocenters. The third-order valence-corrected chi connectivity index (χ3v) is 2.92. The van der Waals surface area contributed by atoms with Gasteiger partial charge in [-0.3, -0.25) is 0 Å². The highest BCUT2D eigenvalue weighted by atomic mass is 14.1. The third kappa shape index (κ3) is 1.94. The molecule has 0 nitrogen and oxygen atoms in total. The number of aryl methyl sites for hydroxylation is 2. The molecule has 0 heterocycles. The molecule has 2 aromatic carbocycles. The van der Waals surface area contributed by atoms with Gasteiger partial charge in [-0.15, -0.1) is 0 Å². The van der Waals surface area contributed by atoms with Gasteiger partial charge in [0.15, 0.2) is 0 Å². The van der Waals surface area contributed by atoms with Crippen LogP contribution in [0.5, 0.6) is 0 Å². The van der Waals surface area contributed by atoms with Crippen LogP contribution in [0.3, 0.4) is 0 Å². The van der Waals surface area contributed by atoms with E-state index in [2.05, 4.69) is 57.2 Å². The normalized spacial score (nSPS) is 10.3. The molecule has 0 aromatic heterocycles. The molecule has 0 amide bonds. The summed E-state index contributed by atoms with van der Waals surface area (Å²) in [6.07, 6.45) is 0. The first-order valence-electron chi connectivity index (χ1n) is 5.24. The summed E-state index contributed by atoms with van der Waals surface area (Å²) in [5, 5.41) is 0. The van der Waals surface area contributed by atoms with Crippen LogP contribution in [0.2, 0.25) is 0 Å². The first-order chi connectivity index (χ1) is 7.18. The van der Waals surface area contributed by atoms with Gasteiger partial charge in [-0.25, -0.2) is 0 Å². The fraction of sp³-hybridized carbons (Fsp3) is 0.200. The van der Waals surface area contributed by atoms with Gasteiger partial charge >= 0.3 is 0 Å². The molecular weight excluding hydrogens is 180 g/mol. The van der Waals surface area contributed by atoms with E-state index in [-0.39, 0.29) is 0 Å². The summed E-state index contributed by atoms with van der Waals surface area (Å²) >= 11 is 0. The lowest BCUT2D eigenvalue weighted by molar-refractivity contribution is 1.26. The molecule has 0 fully saturated rings. The number of benzene rings is 2. The maximum atomic E-state index is 3.43. The van der Waals surface area contributed by atoms with Gasteiger partial charge in [0.2, 0.25) is 0 Å². The van der Waals surface area contributed by atoms with Crippen molar-refractivity contribution in [2.24, 2.45) is 0 Å². The molecule has 15 heavy (non-hydrogen) atoms. The van der Waals surface area contributed by atoms with E-state index in [0.29, 0.717) is 0 Å². The first-order valence-corrected chi connectivity index (χ1v) is 5.24. The molecule has 75 valence electrons. The predicted octanol–water partition coefficient (Wildman–Crippen LogP) is 4.08. The predicted molar refractivity (Wildman–Crippen MR) is 64.9 cm³/mol. The van der Waals surface area contributed by atoms with Gasteiger partial charge in [0.1, 0.15) is 0 Å². The largest absolute Gasteiger partial charge is 0.0622 e. The van der Waals surface area contributed by atoms with Gasteiger partial charge in [0.25, 0.3) is 0 Å². The van der Waals surface area contributed by atoms with Crippen LogP contribution in [0.4, 0.5) is 0 Å². The van der Waals surface area contributed by atoms with Crippen LogP contribution in [0.25, 0.3) is 11.1 Å². The van der Waals surface area contributed by atoms with Gasteiger partial charge in [-0.2, -0.15) is 0 Å². The quantitative estimate of drug-likeness (QED) is 0.643. The summed E-state index contributed by atoms with van der Waals surface area (Å²) in [7, 11) is 0. The minimum absolute atomic E-state index is 1.19. The molecule has 0 N–H and O–H groups in total. The van der Waals surface area contributed by atoms with Crippen molar-refractivity contribution >= 4 is 0 Å². The summed E-state index contributed by atoms with van der Waals surface area (Å²) in [5.74, 6) is 0. The Bertz CT molecular complexity index is 444. The van der Waals surface area contributed by atoms with E-state index in [1.54, 1.807) is 0 Å². The van der Waals surface area contributed by atoms with Crippen molar-refractivity contribution < 1.29 is 0 Å². The molecule has 0 heteroatoms. The van der Waals surface area contributed by atoms with E-state index in [4.69, 9.17) is 0 Å². The standard InChI is InChI=1S/C15H15/c1-11-9-15(10-12(2)13(11)3)14-7-5-4-6-8-14/h4-9H,1-3H3. The Morgan fingerprint density at radius 3 is 2.20 bits per heavy atom. The lowest BCUT2D eigenvalue weighted by atomic mass is 9.97. The molecule has 0 spiro atoms. The second kappa shape index (κ2) is 3.90. The monoisotopic (exact) mass is 195 g/mol. The fourth-order valence-corrected chi connectivity index (χ4v) is 1.73. The van der Waals surface area contributed by atoms with Crippen LogP contribution in [0.15, 0.2) is 36.4 Å². The molecule has 2 rings (SSSR count). The van der Waals surface area contributed by atoms with Crippen LogP contribution < -0.4 is 0 Å². The highest BCUT2D eigenvalue weighted by Crippen LogP contribution is 2.23. The zero-order valence-corrected chi connectivity index (χ0v) is 9.46. The number of hydrogen-bond acceptors (Lipinski definition) is 0. The zero-order chi connectivity index (χ0) is 10.8. The number of hydrogen-bond donors (Lipinski definition) is 0. The lowest BCUT2D eigenvalue weighted by Crippen LogP contribution is -1.89. The van der Waals surface area contributed by atoms with Crippen molar-refractivity contribution in [1.82, 2.24) is 0 Å². The van der Waals surface area contributed by atoms with E-state index >= 15 is 0 Å². The van der Waals surface area contributed by atoms with Gasteiger partial charge in [0, 0.05) is 0 Å². The van der Waals surface area contributed by atoms with E-state index in [9.17, 15) is 0 Å². The number of rotatable bonds is 1. The Labute approximate surface area is 91.6 Å². The Balaban J connectivity index is 2.56. The minimum Gasteiger partial charge on any atom is -0.0622 e. The van der Waals surface area contributed by atoms with Gasteiger partial charge in [0.05, 0.1) is 0 Å². The summed E-state index contributed by atoms with van der Waals surface area (Å²) in [5.41, 5.74) is 6.36. The maximum Gasteiger partial charge on any atom is -0.00643 e. The Kier molecular flexibility index (Phi) is 2.59. The average Bonchev–Trinajstić information content (AvgIpc) is 2.26. The summed E-state index contributed by atoms with van der Waals surface area (Å²) in [4.78, 5) is 0. The molecular formula is C15H15. The fourth-order valence-electron chi connectivity index (χ4n) is 1.73. The molecule has 0 atom stereocenters. The van der Waals surface area contributed by atoms with Crippen LogP contribution in [-0.2, 0) is 0 Å². The van der Waals surface area contributed by atoms with Gasteiger partial charge < -0.3 is 0 Å². The van der Waals surface area contributed by atoms with E-state index < -0.39 is 0 Å². The highest BCUT2D eigenvalue weighted by Gasteiger charge is 2.02. The van der Waals surface area contributed by atoms with Gasteiger partial charge in [-0.1, -0.05) is 36.4 Å². The second-order valence-electron chi connectivity index (χ2n) is 3.98. The summed E-state index contributed by atoms with van der Waals surface area (Å²) in [6.45, 7) is 6.42. The first kappa shape index (κ1) is 9.97. The topological polar surface area (TPSA) is 0 Å². The summed E-state index contributed by atoms with van der Waals surface area (Å²) < 4.78 is 0. The van der Waals surface area contributed by atoms with Crippen LogP contribution in [0, 0.1) is 26.8 Å². The van der Waals surface area contributed by atoms with Crippen LogP contribution in [0.1, 0.15) is 16.7 Å². The third-order valence-electron chi connectivity index (χ3n) is 2.92. The van der Waals surface area contributed by atoms with Crippen molar-refractivity contribution in [3.63, 3.8) is 0 Å². The molecule has 0 aliphatic rings. The Morgan fingerprint density at radius 2 is 1.60 bits per heavy atom. The minimum atomic E-state index is 1.19. The highest BCUT2D eigenvalue weighted by molar-refractivity contribution is 5.65. The Hall–Kier alpha value is -1.56. The summed E-state index contributed by atoms with van der Waals surface area (Å²) in [6, 6.07) is 16.1.